The summed E-state index contributed by atoms with van der Waals surface area (Å²) in [4.78, 5) is 1.29. The van der Waals surface area contributed by atoms with Crippen LogP contribution in [0.4, 0.5) is 0 Å². The molecule has 0 amide bonds. The van der Waals surface area contributed by atoms with E-state index >= 15 is 0 Å². The molecule has 4 heteroatoms. The molecule has 1 aromatic rings. The number of rotatable bonds is 8. The van der Waals surface area contributed by atoms with Gasteiger partial charge in [0, 0.05) is 30.0 Å². The van der Waals surface area contributed by atoms with Crippen LogP contribution in [0.25, 0.3) is 0 Å². The average molecular weight is 262 g/mol. The van der Waals surface area contributed by atoms with Crippen LogP contribution in [-0.2, 0) is 11.3 Å². The van der Waals surface area contributed by atoms with Crippen LogP contribution in [0, 0.1) is 5.92 Å². The highest BCUT2D eigenvalue weighted by Gasteiger charge is 1.97. The van der Waals surface area contributed by atoms with Crippen LogP contribution in [0.1, 0.15) is 25.1 Å². The molecule has 0 aromatic carbocycles. The van der Waals surface area contributed by atoms with Gasteiger partial charge < -0.3 is 10.1 Å². The van der Waals surface area contributed by atoms with Gasteiger partial charge in [-0.25, -0.2) is 0 Å². The summed E-state index contributed by atoms with van der Waals surface area (Å²) < 4.78 is 5.49. The van der Waals surface area contributed by atoms with Gasteiger partial charge in [-0.15, -0.1) is 11.3 Å². The summed E-state index contributed by atoms with van der Waals surface area (Å²) in [5, 5.41) is 6.17. The fraction of sp³-hybridized carbons (Fsp3) is 0.667. The zero-order chi connectivity index (χ0) is 11.8. The van der Waals surface area contributed by atoms with Crippen molar-refractivity contribution < 1.29 is 4.74 Å². The van der Waals surface area contributed by atoms with Crippen LogP contribution >= 0.6 is 22.9 Å². The largest absolute Gasteiger partial charge is 0.381 e. The summed E-state index contributed by atoms with van der Waals surface area (Å²) in [5.74, 6) is 0.626. The molecule has 0 radical (unpaired) electrons. The van der Waals surface area contributed by atoms with Gasteiger partial charge in [0.05, 0.1) is 5.02 Å². The van der Waals surface area contributed by atoms with E-state index in [-0.39, 0.29) is 0 Å². The average Bonchev–Trinajstić information content (AvgIpc) is 2.62. The van der Waals surface area contributed by atoms with E-state index in [1.54, 1.807) is 11.3 Å². The van der Waals surface area contributed by atoms with E-state index in [0.717, 1.165) is 37.7 Å². The van der Waals surface area contributed by atoms with Crippen LogP contribution in [0.5, 0.6) is 0 Å². The molecule has 1 rings (SSSR count). The summed E-state index contributed by atoms with van der Waals surface area (Å²) >= 11 is 7.53. The van der Waals surface area contributed by atoms with Gasteiger partial charge in [0.15, 0.2) is 0 Å². The first-order valence-electron chi connectivity index (χ1n) is 5.70. The molecule has 92 valence electrons. The topological polar surface area (TPSA) is 21.3 Å². The molecular formula is C12H20ClNOS. The van der Waals surface area contributed by atoms with Crippen molar-refractivity contribution in [1.29, 1.82) is 0 Å². The smallest absolute Gasteiger partial charge is 0.0516 e. The Morgan fingerprint density at radius 3 is 2.94 bits per heavy atom. The fourth-order valence-electron chi connectivity index (χ4n) is 1.28. The lowest BCUT2D eigenvalue weighted by atomic mass is 10.2. The first-order chi connectivity index (χ1) is 7.68. The second-order valence-corrected chi connectivity index (χ2v) is 5.66. The number of nitrogens with one attached hydrogen (secondary N) is 1. The summed E-state index contributed by atoms with van der Waals surface area (Å²) in [6, 6.07) is 2.01. The summed E-state index contributed by atoms with van der Waals surface area (Å²) in [7, 11) is 0. The molecule has 0 atom stereocenters. The van der Waals surface area contributed by atoms with Gasteiger partial charge in [-0.3, -0.25) is 0 Å². The normalized spacial score (nSPS) is 11.2. The van der Waals surface area contributed by atoms with Crippen molar-refractivity contribution >= 4 is 22.9 Å². The monoisotopic (exact) mass is 261 g/mol. The van der Waals surface area contributed by atoms with Crippen molar-refractivity contribution in [1.82, 2.24) is 5.32 Å². The zero-order valence-corrected chi connectivity index (χ0v) is 11.5. The second-order valence-electron chi connectivity index (χ2n) is 4.23. The van der Waals surface area contributed by atoms with E-state index in [2.05, 4.69) is 19.2 Å². The van der Waals surface area contributed by atoms with Crippen LogP contribution < -0.4 is 5.32 Å². The van der Waals surface area contributed by atoms with E-state index in [1.165, 1.54) is 4.88 Å². The molecule has 0 unspecified atom stereocenters. The molecule has 0 aliphatic heterocycles. The fourth-order valence-corrected chi connectivity index (χ4v) is 2.32. The second kappa shape index (κ2) is 8.07. The maximum absolute atomic E-state index is 5.83. The van der Waals surface area contributed by atoms with Crippen molar-refractivity contribution in [2.24, 2.45) is 5.92 Å². The predicted molar refractivity (Wildman–Crippen MR) is 71.3 cm³/mol. The zero-order valence-electron chi connectivity index (χ0n) is 9.96. The maximum Gasteiger partial charge on any atom is 0.0516 e. The van der Waals surface area contributed by atoms with Crippen LogP contribution in [-0.4, -0.2) is 19.8 Å². The van der Waals surface area contributed by atoms with Crippen molar-refractivity contribution in [3.05, 3.63) is 21.3 Å². The molecule has 16 heavy (non-hydrogen) atoms. The Morgan fingerprint density at radius 2 is 2.31 bits per heavy atom. The third-order valence-corrected chi connectivity index (χ3v) is 3.30. The SMILES string of the molecule is CC(C)COCCCNCc1cc(Cl)cs1. The lowest BCUT2D eigenvalue weighted by Crippen LogP contribution is -2.16. The lowest BCUT2D eigenvalue weighted by Gasteiger charge is -2.07. The van der Waals surface area contributed by atoms with Crippen molar-refractivity contribution in [3.8, 4) is 0 Å². The molecule has 0 spiro atoms. The van der Waals surface area contributed by atoms with Gasteiger partial charge in [-0.05, 0) is 24.9 Å². The van der Waals surface area contributed by atoms with E-state index < -0.39 is 0 Å². The van der Waals surface area contributed by atoms with Crippen molar-refractivity contribution in [2.45, 2.75) is 26.8 Å². The Bertz CT molecular complexity index is 288. The van der Waals surface area contributed by atoms with Crippen molar-refractivity contribution in [2.75, 3.05) is 19.8 Å². The van der Waals surface area contributed by atoms with Gasteiger partial charge in [-0.1, -0.05) is 25.4 Å². The van der Waals surface area contributed by atoms with Crippen LogP contribution in [0.3, 0.4) is 0 Å². The Kier molecular flexibility index (Phi) is 7.05. The minimum atomic E-state index is 0.626. The minimum Gasteiger partial charge on any atom is -0.381 e. The molecular weight excluding hydrogens is 242 g/mol. The number of hydrogen-bond acceptors (Lipinski definition) is 3. The standard InChI is InChI=1S/C12H20ClNOS/c1-10(2)8-15-5-3-4-14-7-12-6-11(13)9-16-12/h6,9-10,14H,3-5,7-8H2,1-2H3. The molecule has 0 saturated heterocycles. The third kappa shape index (κ3) is 6.48. The molecule has 0 saturated carbocycles. The summed E-state index contributed by atoms with van der Waals surface area (Å²) in [6.45, 7) is 7.93. The lowest BCUT2D eigenvalue weighted by molar-refractivity contribution is 0.108. The van der Waals surface area contributed by atoms with Gasteiger partial charge in [0.1, 0.15) is 0 Å². The molecule has 1 aromatic heterocycles. The van der Waals surface area contributed by atoms with E-state index in [1.807, 2.05) is 11.4 Å². The van der Waals surface area contributed by atoms with Gasteiger partial charge in [0.25, 0.3) is 0 Å². The molecule has 0 bridgehead atoms. The van der Waals surface area contributed by atoms with Gasteiger partial charge in [0.2, 0.25) is 0 Å². The highest BCUT2D eigenvalue weighted by Crippen LogP contribution is 2.18. The minimum absolute atomic E-state index is 0.626. The summed E-state index contributed by atoms with van der Waals surface area (Å²) in [6.07, 6.45) is 1.06. The predicted octanol–water partition coefficient (Wildman–Crippen LogP) is 3.55. The van der Waals surface area contributed by atoms with Crippen LogP contribution in [0.15, 0.2) is 11.4 Å². The Balaban J connectivity index is 1.92. The quantitative estimate of drug-likeness (QED) is 0.723. The molecule has 0 aliphatic rings. The Hall–Kier alpha value is -0.0900. The first-order valence-corrected chi connectivity index (χ1v) is 6.95. The third-order valence-electron chi connectivity index (χ3n) is 2.01. The van der Waals surface area contributed by atoms with E-state index in [4.69, 9.17) is 16.3 Å². The first kappa shape index (κ1) is 14.0. The number of hydrogen-bond donors (Lipinski definition) is 1. The number of thiophene rings is 1. The highest BCUT2D eigenvalue weighted by molar-refractivity contribution is 7.10. The number of ether oxygens (including phenoxy) is 1. The molecule has 2 nitrogen and oxygen atoms in total. The highest BCUT2D eigenvalue weighted by atomic mass is 35.5. The van der Waals surface area contributed by atoms with Crippen molar-refractivity contribution in [3.63, 3.8) is 0 Å². The molecule has 1 N–H and O–H groups in total. The Morgan fingerprint density at radius 1 is 1.50 bits per heavy atom. The molecule has 1 heterocycles. The van der Waals surface area contributed by atoms with Crippen LogP contribution in [0.2, 0.25) is 5.02 Å². The summed E-state index contributed by atoms with van der Waals surface area (Å²) in [5.41, 5.74) is 0. The number of halogens is 1. The van der Waals surface area contributed by atoms with E-state index in [9.17, 15) is 0 Å². The van der Waals surface area contributed by atoms with Gasteiger partial charge >= 0.3 is 0 Å². The van der Waals surface area contributed by atoms with Gasteiger partial charge in [-0.2, -0.15) is 0 Å². The Labute approximate surface area is 107 Å². The maximum atomic E-state index is 5.83. The molecule has 0 fully saturated rings. The molecule has 0 aliphatic carbocycles. The van der Waals surface area contributed by atoms with E-state index in [0.29, 0.717) is 5.92 Å².